The molecule has 0 fully saturated rings. The molecule has 2 aromatic heterocycles. The molecular formula is C30H38N6O3. The molecule has 2 N–H and O–H groups in total. The van der Waals surface area contributed by atoms with Crippen LogP contribution >= 0.6 is 0 Å². The van der Waals surface area contributed by atoms with Crippen LogP contribution in [0, 0.1) is 12.8 Å². The molecule has 1 amide bonds. The summed E-state index contributed by atoms with van der Waals surface area (Å²) in [5, 5.41) is 6.14. The van der Waals surface area contributed by atoms with Gasteiger partial charge < -0.3 is 29.6 Å². The summed E-state index contributed by atoms with van der Waals surface area (Å²) in [7, 11) is 6.06. The van der Waals surface area contributed by atoms with Gasteiger partial charge in [0.1, 0.15) is 18.1 Å². The molecule has 0 saturated heterocycles. The third-order valence-corrected chi connectivity index (χ3v) is 6.74. The second-order valence-corrected chi connectivity index (χ2v) is 9.93. The maximum Gasteiger partial charge on any atom is 0.247 e. The molecule has 3 aromatic rings. The van der Waals surface area contributed by atoms with Crippen molar-refractivity contribution < 1.29 is 14.3 Å². The van der Waals surface area contributed by atoms with E-state index in [-0.39, 0.29) is 5.91 Å². The molecule has 1 unspecified atom stereocenters. The first-order chi connectivity index (χ1) is 18.7. The lowest BCUT2D eigenvalue weighted by Crippen LogP contribution is -2.20. The lowest BCUT2D eigenvalue weighted by Gasteiger charge is -2.19. The summed E-state index contributed by atoms with van der Waals surface area (Å²) >= 11 is 0. The van der Waals surface area contributed by atoms with E-state index in [4.69, 9.17) is 14.5 Å². The van der Waals surface area contributed by atoms with E-state index in [1.54, 1.807) is 18.3 Å². The second-order valence-electron chi connectivity index (χ2n) is 9.93. The number of nitrogens with one attached hydrogen (secondary N) is 2. The molecule has 0 spiro atoms. The molecule has 0 aliphatic heterocycles. The smallest absolute Gasteiger partial charge is 0.247 e. The molecule has 0 radical (unpaired) electrons. The highest BCUT2D eigenvalue weighted by Crippen LogP contribution is 2.39. The number of ether oxygens (including phenoxy) is 2. The number of hydrogen-bond acceptors (Lipinski definition) is 7. The van der Waals surface area contributed by atoms with E-state index < -0.39 is 0 Å². The SMILES string of the molecule is C=CC(=O)Nc1cc(Nc2nccc(-c3c4c(n(C)c3C)CC(C)C=C4)n2)c(OCC)cc1OCCN(C)C. The molecule has 1 atom stereocenters. The van der Waals surface area contributed by atoms with Crippen molar-refractivity contribution in [2.75, 3.05) is 44.5 Å². The minimum Gasteiger partial charge on any atom is -0.492 e. The zero-order chi connectivity index (χ0) is 28.1. The third kappa shape index (κ3) is 6.31. The van der Waals surface area contributed by atoms with Gasteiger partial charge in [-0.3, -0.25) is 4.79 Å². The number of aromatic nitrogens is 3. The number of fused-ring (bicyclic) bond motifs is 1. The van der Waals surface area contributed by atoms with Crippen LogP contribution in [-0.2, 0) is 18.3 Å². The summed E-state index contributed by atoms with van der Waals surface area (Å²) in [5.41, 5.74) is 6.73. The first-order valence-corrected chi connectivity index (χ1v) is 13.2. The van der Waals surface area contributed by atoms with Crippen LogP contribution in [0.4, 0.5) is 17.3 Å². The van der Waals surface area contributed by atoms with Crippen LogP contribution in [0.1, 0.15) is 30.8 Å². The summed E-state index contributed by atoms with van der Waals surface area (Å²) in [5.74, 6) is 1.65. The van der Waals surface area contributed by atoms with E-state index in [9.17, 15) is 4.79 Å². The van der Waals surface area contributed by atoms with Gasteiger partial charge in [-0.25, -0.2) is 9.97 Å². The van der Waals surface area contributed by atoms with E-state index in [2.05, 4.69) is 59.8 Å². The highest BCUT2D eigenvalue weighted by Gasteiger charge is 2.23. The molecule has 206 valence electrons. The zero-order valence-electron chi connectivity index (χ0n) is 23.7. The highest BCUT2D eigenvalue weighted by atomic mass is 16.5. The summed E-state index contributed by atoms with van der Waals surface area (Å²) < 4.78 is 14.2. The van der Waals surface area contributed by atoms with Gasteiger partial charge in [0.05, 0.1) is 23.7 Å². The molecule has 9 heteroatoms. The summed E-state index contributed by atoms with van der Waals surface area (Å²) in [6, 6.07) is 5.47. The van der Waals surface area contributed by atoms with E-state index in [0.29, 0.717) is 48.0 Å². The first-order valence-electron chi connectivity index (χ1n) is 13.2. The number of nitrogens with zero attached hydrogens (tertiary/aromatic N) is 4. The fraction of sp³-hybridized carbons (Fsp3) is 0.367. The number of hydrogen-bond donors (Lipinski definition) is 2. The van der Waals surface area contributed by atoms with Gasteiger partial charge in [-0.15, -0.1) is 0 Å². The van der Waals surface area contributed by atoms with Crippen LogP contribution < -0.4 is 20.1 Å². The Bertz CT molecular complexity index is 1390. The molecule has 1 aromatic carbocycles. The van der Waals surface area contributed by atoms with Crippen LogP contribution in [0.2, 0.25) is 0 Å². The number of likely N-dealkylation sites (N-methyl/N-ethyl adjacent to an activating group) is 1. The molecule has 39 heavy (non-hydrogen) atoms. The van der Waals surface area contributed by atoms with Gasteiger partial charge in [-0.1, -0.05) is 25.7 Å². The summed E-state index contributed by atoms with van der Waals surface area (Å²) in [4.78, 5) is 23.6. The molecule has 2 heterocycles. The van der Waals surface area contributed by atoms with E-state index in [0.717, 1.165) is 29.9 Å². The normalized spacial score (nSPS) is 14.2. The van der Waals surface area contributed by atoms with Crippen LogP contribution in [-0.4, -0.2) is 59.2 Å². The van der Waals surface area contributed by atoms with E-state index >= 15 is 0 Å². The van der Waals surface area contributed by atoms with Gasteiger partial charge >= 0.3 is 0 Å². The lowest BCUT2D eigenvalue weighted by molar-refractivity contribution is -0.111. The summed E-state index contributed by atoms with van der Waals surface area (Å²) in [6.45, 7) is 11.4. The van der Waals surface area contributed by atoms with Gasteiger partial charge in [0.25, 0.3) is 0 Å². The van der Waals surface area contributed by atoms with Crippen molar-refractivity contribution in [1.29, 1.82) is 0 Å². The average molecular weight is 531 g/mol. The molecule has 0 saturated carbocycles. The van der Waals surface area contributed by atoms with Crippen molar-refractivity contribution >= 4 is 29.3 Å². The molecule has 0 bridgehead atoms. The second kappa shape index (κ2) is 12.2. The Morgan fingerprint density at radius 3 is 2.74 bits per heavy atom. The maximum absolute atomic E-state index is 12.2. The minimum absolute atomic E-state index is 0.340. The largest absolute Gasteiger partial charge is 0.492 e. The number of carbonyl (C=O) groups is 1. The van der Waals surface area contributed by atoms with Crippen LogP contribution in [0.5, 0.6) is 11.5 Å². The van der Waals surface area contributed by atoms with Crippen molar-refractivity contribution in [3.05, 3.63) is 60.1 Å². The average Bonchev–Trinajstić information content (AvgIpc) is 3.15. The number of rotatable bonds is 11. The lowest BCUT2D eigenvalue weighted by atomic mass is 9.93. The van der Waals surface area contributed by atoms with E-state index in [1.165, 1.54) is 17.3 Å². The van der Waals surface area contributed by atoms with Crippen molar-refractivity contribution in [1.82, 2.24) is 19.4 Å². The van der Waals surface area contributed by atoms with Crippen LogP contribution in [0.25, 0.3) is 17.3 Å². The Kier molecular flexibility index (Phi) is 8.71. The molecule has 4 rings (SSSR count). The van der Waals surface area contributed by atoms with Crippen LogP contribution in [0.15, 0.2) is 43.1 Å². The summed E-state index contributed by atoms with van der Waals surface area (Å²) in [6.07, 6.45) is 8.42. The topological polar surface area (TPSA) is 93.5 Å². The Balaban J connectivity index is 1.71. The maximum atomic E-state index is 12.2. The van der Waals surface area contributed by atoms with Gasteiger partial charge in [0.2, 0.25) is 11.9 Å². The van der Waals surface area contributed by atoms with Crippen LogP contribution in [0.3, 0.4) is 0 Å². The number of amides is 1. The number of benzene rings is 1. The monoisotopic (exact) mass is 530 g/mol. The predicted molar refractivity (Wildman–Crippen MR) is 157 cm³/mol. The zero-order valence-corrected chi connectivity index (χ0v) is 23.7. The van der Waals surface area contributed by atoms with Gasteiger partial charge in [0.15, 0.2) is 0 Å². The number of anilines is 3. The fourth-order valence-corrected chi connectivity index (χ4v) is 4.62. The molecule has 9 nitrogen and oxygen atoms in total. The minimum atomic E-state index is -0.340. The first kappa shape index (κ1) is 27.9. The van der Waals surface area contributed by atoms with Gasteiger partial charge in [-0.05, 0) is 58.5 Å². The third-order valence-electron chi connectivity index (χ3n) is 6.74. The van der Waals surface area contributed by atoms with E-state index in [1.807, 2.05) is 32.0 Å². The molecular weight excluding hydrogens is 492 g/mol. The highest BCUT2D eigenvalue weighted by molar-refractivity contribution is 6.00. The molecule has 1 aliphatic carbocycles. The van der Waals surface area contributed by atoms with Crippen molar-refractivity contribution in [2.45, 2.75) is 27.2 Å². The molecule has 1 aliphatic rings. The van der Waals surface area contributed by atoms with Gasteiger partial charge in [-0.2, -0.15) is 0 Å². The quantitative estimate of drug-likeness (QED) is 0.329. The number of carbonyl (C=O) groups excluding carboxylic acids is 1. The Morgan fingerprint density at radius 2 is 2.03 bits per heavy atom. The van der Waals surface area contributed by atoms with Crippen molar-refractivity contribution in [3.63, 3.8) is 0 Å². The Hall–Kier alpha value is -4.11. The van der Waals surface area contributed by atoms with Gasteiger partial charge in [0, 0.05) is 48.4 Å². The Labute approximate surface area is 230 Å². The van der Waals surface area contributed by atoms with Crippen molar-refractivity contribution in [3.8, 4) is 22.8 Å². The van der Waals surface area contributed by atoms with Crippen molar-refractivity contribution in [2.24, 2.45) is 13.0 Å². The predicted octanol–water partition coefficient (Wildman–Crippen LogP) is 5.20. The Morgan fingerprint density at radius 1 is 1.26 bits per heavy atom. The fourth-order valence-electron chi connectivity index (χ4n) is 4.62. The standard InChI is InChI=1S/C30H38N6O3/c1-8-28(37)32-23-17-24(26(38-9-2)18-27(23)39-15-14-35(5)6)34-30-31-13-12-22(33-30)29-20(4)36(7)25-16-19(3)10-11-21(25)29/h8,10-13,17-19H,1,9,14-16H2,2-7H3,(H,32,37)(H,31,33,34). The number of allylic oxidation sites excluding steroid dienone is 1.